The Morgan fingerprint density at radius 1 is 1.24 bits per heavy atom. The number of aryl methyl sites for hydroxylation is 3. The average molecular weight is 246 g/mol. The second-order valence-corrected chi connectivity index (χ2v) is 5.80. The van der Waals surface area contributed by atoms with Crippen molar-refractivity contribution in [2.24, 2.45) is 5.73 Å². The van der Waals surface area contributed by atoms with Crippen molar-refractivity contribution in [1.29, 1.82) is 0 Å². The molecule has 0 fully saturated rings. The van der Waals surface area contributed by atoms with Crippen LogP contribution in [0.1, 0.15) is 34.0 Å². The standard InChI is InChI=1S/C14H18N2S/c1-8-5-6-12(9(2)7-8)13-11(4)17-14(16-13)10(3)15/h5-7,10H,15H2,1-4H3. The van der Waals surface area contributed by atoms with Gasteiger partial charge in [0.1, 0.15) is 5.01 Å². The second-order valence-electron chi connectivity index (χ2n) is 4.56. The normalized spacial score (nSPS) is 12.8. The molecule has 2 N–H and O–H groups in total. The van der Waals surface area contributed by atoms with Crippen molar-refractivity contribution in [1.82, 2.24) is 4.98 Å². The zero-order chi connectivity index (χ0) is 12.6. The predicted molar refractivity (Wildman–Crippen MR) is 74.4 cm³/mol. The predicted octanol–water partition coefficient (Wildman–Crippen LogP) is 3.76. The van der Waals surface area contributed by atoms with Crippen molar-refractivity contribution in [3.63, 3.8) is 0 Å². The van der Waals surface area contributed by atoms with E-state index in [2.05, 4.69) is 44.0 Å². The van der Waals surface area contributed by atoms with Gasteiger partial charge < -0.3 is 5.73 Å². The minimum atomic E-state index is 0.0122. The van der Waals surface area contributed by atoms with Gasteiger partial charge in [0.05, 0.1) is 11.7 Å². The Bertz CT molecular complexity index is 541. The number of nitrogens with zero attached hydrogens (tertiary/aromatic N) is 1. The van der Waals surface area contributed by atoms with E-state index in [0.717, 1.165) is 10.7 Å². The van der Waals surface area contributed by atoms with Crippen LogP contribution in [0.15, 0.2) is 18.2 Å². The molecule has 0 aliphatic rings. The summed E-state index contributed by atoms with van der Waals surface area (Å²) in [6.45, 7) is 8.33. The van der Waals surface area contributed by atoms with Crippen molar-refractivity contribution in [3.8, 4) is 11.3 Å². The van der Waals surface area contributed by atoms with Crippen LogP contribution >= 0.6 is 11.3 Å². The molecule has 1 aromatic carbocycles. The van der Waals surface area contributed by atoms with Crippen molar-refractivity contribution in [3.05, 3.63) is 39.2 Å². The van der Waals surface area contributed by atoms with Gasteiger partial charge in [-0.05, 0) is 33.3 Å². The molecule has 0 amide bonds. The molecular weight excluding hydrogens is 228 g/mol. The molecular formula is C14H18N2S. The molecule has 0 spiro atoms. The maximum absolute atomic E-state index is 5.88. The number of rotatable bonds is 2. The highest BCUT2D eigenvalue weighted by Crippen LogP contribution is 2.31. The third-order valence-electron chi connectivity index (χ3n) is 2.84. The molecule has 3 heteroatoms. The Kier molecular flexibility index (Phi) is 3.31. The molecule has 1 atom stereocenters. The highest BCUT2D eigenvalue weighted by molar-refractivity contribution is 7.12. The molecule has 0 bridgehead atoms. The van der Waals surface area contributed by atoms with Gasteiger partial charge in [0.2, 0.25) is 0 Å². The van der Waals surface area contributed by atoms with Crippen LogP contribution in [-0.4, -0.2) is 4.98 Å². The summed E-state index contributed by atoms with van der Waals surface area (Å²) in [6.07, 6.45) is 0. The van der Waals surface area contributed by atoms with Crippen LogP contribution in [0.5, 0.6) is 0 Å². The summed E-state index contributed by atoms with van der Waals surface area (Å²) in [6, 6.07) is 6.49. The van der Waals surface area contributed by atoms with Crippen LogP contribution < -0.4 is 5.73 Å². The number of benzene rings is 1. The van der Waals surface area contributed by atoms with E-state index < -0.39 is 0 Å². The van der Waals surface area contributed by atoms with E-state index in [9.17, 15) is 0 Å². The van der Waals surface area contributed by atoms with Crippen LogP contribution in [0.2, 0.25) is 0 Å². The Balaban J connectivity index is 2.52. The Morgan fingerprint density at radius 3 is 2.47 bits per heavy atom. The molecule has 90 valence electrons. The molecule has 2 nitrogen and oxygen atoms in total. The summed E-state index contributed by atoms with van der Waals surface area (Å²) < 4.78 is 0. The first-order valence-electron chi connectivity index (χ1n) is 5.79. The van der Waals surface area contributed by atoms with Gasteiger partial charge in [0.15, 0.2) is 0 Å². The lowest BCUT2D eigenvalue weighted by atomic mass is 10.0. The maximum Gasteiger partial charge on any atom is 0.110 e. The van der Waals surface area contributed by atoms with E-state index in [-0.39, 0.29) is 6.04 Å². The average Bonchev–Trinajstić information content (AvgIpc) is 2.61. The Hall–Kier alpha value is -1.19. The third-order valence-corrected chi connectivity index (χ3v) is 4.01. The van der Waals surface area contributed by atoms with E-state index in [1.165, 1.54) is 21.6 Å². The first-order valence-corrected chi connectivity index (χ1v) is 6.61. The molecule has 0 saturated carbocycles. The molecule has 0 saturated heterocycles. The quantitative estimate of drug-likeness (QED) is 0.876. The largest absolute Gasteiger partial charge is 0.322 e. The number of hydrogen-bond donors (Lipinski definition) is 1. The van der Waals surface area contributed by atoms with Gasteiger partial charge >= 0.3 is 0 Å². The highest BCUT2D eigenvalue weighted by atomic mass is 32.1. The van der Waals surface area contributed by atoms with Gasteiger partial charge in [-0.15, -0.1) is 11.3 Å². The fourth-order valence-corrected chi connectivity index (χ4v) is 2.83. The van der Waals surface area contributed by atoms with Crippen molar-refractivity contribution in [2.75, 3.05) is 0 Å². The first kappa shape index (κ1) is 12.3. The van der Waals surface area contributed by atoms with Crippen LogP contribution in [0.3, 0.4) is 0 Å². The maximum atomic E-state index is 5.88. The smallest absolute Gasteiger partial charge is 0.110 e. The van der Waals surface area contributed by atoms with E-state index in [1.807, 2.05) is 6.92 Å². The van der Waals surface area contributed by atoms with Gasteiger partial charge in [-0.2, -0.15) is 0 Å². The van der Waals surface area contributed by atoms with Gasteiger partial charge in [0.25, 0.3) is 0 Å². The van der Waals surface area contributed by atoms with Gasteiger partial charge in [-0.3, -0.25) is 0 Å². The van der Waals surface area contributed by atoms with E-state index in [1.54, 1.807) is 11.3 Å². The molecule has 1 aromatic heterocycles. The topological polar surface area (TPSA) is 38.9 Å². The first-order chi connectivity index (χ1) is 7.99. The second kappa shape index (κ2) is 4.59. The SMILES string of the molecule is Cc1ccc(-c2nc(C(C)N)sc2C)c(C)c1. The number of nitrogens with two attached hydrogens (primary N) is 1. The van der Waals surface area contributed by atoms with Crippen LogP contribution in [0.25, 0.3) is 11.3 Å². The fourth-order valence-electron chi connectivity index (χ4n) is 1.94. The molecule has 0 aliphatic heterocycles. The van der Waals surface area contributed by atoms with Crippen LogP contribution in [-0.2, 0) is 0 Å². The van der Waals surface area contributed by atoms with Crippen LogP contribution in [0, 0.1) is 20.8 Å². The van der Waals surface area contributed by atoms with E-state index in [0.29, 0.717) is 0 Å². The number of thiazole rings is 1. The summed E-state index contributed by atoms with van der Waals surface area (Å²) in [5, 5.41) is 1.01. The van der Waals surface area contributed by atoms with Crippen molar-refractivity contribution < 1.29 is 0 Å². The lowest BCUT2D eigenvalue weighted by Crippen LogP contribution is -2.03. The monoisotopic (exact) mass is 246 g/mol. The summed E-state index contributed by atoms with van der Waals surface area (Å²) in [4.78, 5) is 5.90. The Morgan fingerprint density at radius 2 is 1.94 bits per heavy atom. The summed E-state index contributed by atoms with van der Waals surface area (Å²) in [7, 11) is 0. The molecule has 1 heterocycles. The zero-order valence-corrected chi connectivity index (χ0v) is 11.6. The van der Waals surface area contributed by atoms with Gasteiger partial charge in [0, 0.05) is 10.4 Å². The minimum absolute atomic E-state index is 0.0122. The third kappa shape index (κ3) is 2.40. The Labute approximate surface area is 107 Å². The van der Waals surface area contributed by atoms with Crippen LogP contribution in [0.4, 0.5) is 0 Å². The molecule has 1 unspecified atom stereocenters. The van der Waals surface area contributed by atoms with E-state index in [4.69, 9.17) is 5.73 Å². The summed E-state index contributed by atoms with van der Waals surface area (Å²) in [5.74, 6) is 0. The fraction of sp³-hybridized carbons (Fsp3) is 0.357. The van der Waals surface area contributed by atoms with E-state index >= 15 is 0 Å². The molecule has 2 rings (SSSR count). The van der Waals surface area contributed by atoms with Gasteiger partial charge in [-0.1, -0.05) is 23.8 Å². The van der Waals surface area contributed by atoms with Crippen molar-refractivity contribution in [2.45, 2.75) is 33.7 Å². The molecule has 17 heavy (non-hydrogen) atoms. The summed E-state index contributed by atoms with van der Waals surface area (Å²) in [5.41, 5.74) is 10.7. The molecule has 0 radical (unpaired) electrons. The lowest BCUT2D eigenvalue weighted by Gasteiger charge is -2.05. The lowest BCUT2D eigenvalue weighted by molar-refractivity contribution is 0.808. The zero-order valence-electron chi connectivity index (χ0n) is 10.7. The summed E-state index contributed by atoms with van der Waals surface area (Å²) >= 11 is 1.69. The highest BCUT2D eigenvalue weighted by Gasteiger charge is 2.13. The van der Waals surface area contributed by atoms with Crippen molar-refractivity contribution >= 4 is 11.3 Å². The number of aromatic nitrogens is 1. The number of hydrogen-bond acceptors (Lipinski definition) is 3. The minimum Gasteiger partial charge on any atom is -0.322 e. The molecule has 2 aromatic rings. The van der Waals surface area contributed by atoms with Gasteiger partial charge in [-0.25, -0.2) is 4.98 Å². The molecule has 0 aliphatic carbocycles.